The molecule has 0 aliphatic carbocycles. The van der Waals surface area contributed by atoms with Crippen molar-refractivity contribution >= 4 is 17.7 Å². The maximum atomic E-state index is 15.2. The van der Waals surface area contributed by atoms with E-state index in [0.29, 0.717) is 4.90 Å². The second-order valence-electron chi connectivity index (χ2n) is 3.95. The molecule has 1 atom stereocenters. The quantitative estimate of drug-likeness (QED) is 0.624. The Bertz CT molecular complexity index is 565. The lowest BCUT2D eigenvalue weighted by Gasteiger charge is -2.21. The van der Waals surface area contributed by atoms with Crippen LogP contribution in [0.4, 0.5) is 4.39 Å². The number of thioether (sulfide) groups is 1. The van der Waals surface area contributed by atoms with Crippen molar-refractivity contribution in [3.63, 3.8) is 0 Å². The maximum Gasteiger partial charge on any atom is 0.361 e. The van der Waals surface area contributed by atoms with E-state index < -0.39 is 11.0 Å². The number of aromatic nitrogens is 1. The Labute approximate surface area is 121 Å². The summed E-state index contributed by atoms with van der Waals surface area (Å²) in [6.45, 7) is 1.76. The number of esters is 1. The van der Waals surface area contributed by atoms with E-state index in [-0.39, 0.29) is 12.3 Å². The number of alkyl halides is 1. The average molecular weight is 291 g/mol. The van der Waals surface area contributed by atoms with Gasteiger partial charge in [-0.3, -0.25) is 4.98 Å². The van der Waals surface area contributed by atoms with Crippen LogP contribution in [-0.4, -0.2) is 17.6 Å². The first kappa shape index (κ1) is 14.5. The van der Waals surface area contributed by atoms with Crippen LogP contribution in [0.3, 0.4) is 0 Å². The summed E-state index contributed by atoms with van der Waals surface area (Å²) in [7, 11) is 0. The summed E-state index contributed by atoms with van der Waals surface area (Å²) < 4.78 is 20.1. The van der Waals surface area contributed by atoms with Gasteiger partial charge in [-0.05, 0) is 31.2 Å². The molecule has 0 spiro atoms. The van der Waals surface area contributed by atoms with Crippen molar-refractivity contribution in [2.24, 2.45) is 0 Å². The number of halogens is 1. The number of pyridine rings is 1. The van der Waals surface area contributed by atoms with Gasteiger partial charge in [-0.25, -0.2) is 9.18 Å². The fraction of sp³-hybridized carbons (Fsp3) is 0.200. The fourth-order valence-corrected chi connectivity index (χ4v) is 2.61. The Morgan fingerprint density at radius 1 is 1.25 bits per heavy atom. The Balaban J connectivity index is 2.36. The molecular formula is C15H14FNO2S. The van der Waals surface area contributed by atoms with E-state index in [4.69, 9.17) is 4.74 Å². The van der Waals surface area contributed by atoms with E-state index in [0.717, 1.165) is 11.8 Å². The highest BCUT2D eigenvalue weighted by atomic mass is 32.2. The smallest absolute Gasteiger partial charge is 0.361 e. The molecule has 1 heterocycles. The van der Waals surface area contributed by atoms with Gasteiger partial charge in [0, 0.05) is 11.1 Å². The zero-order chi connectivity index (χ0) is 14.4. The first-order valence-corrected chi connectivity index (χ1v) is 7.00. The van der Waals surface area contributed by atoms with E-state index in [2.05, 4.69) is 4.98 Å². The molecule has 2 rings (SSSR count). The summed E-state index contributed by atoms with van der Waals surface area (Å²) >= 11 is 0.788. The van der Waals surface area contributed by atoms with Crippen LogP contribution in [0.2, 0.25) is 0 Å². The molecule has 0 fully saturated rings. The molecule has 0 N–H and O–H groups in total. The number of carbonyl (C=O) groups is 1. The molecule has 2 aromatic rings. The number of rotatable bonds is 5. The number of hydrogen-bond donors (Lipinski definition) is 0. The van der Waals surface area contributed by atoms with Gasteiger partial charge in [-0.15, -0.1) is 0 Å². The minimum atomic E-state index is -2.35. The molecule has 20 heavy (non-hydrogen) atoms. The van der Waals surface area contributed by atoms with Crippen molar-refractivity contribution in [2.75, 3.05) is 6.61 Å². The maximum absolute atomic E-state index is 15.2. The van der Waals surface area contributed by atoms with Gasteiger partial charge in [0.1, 0.15) is 0 Å². The Morgan fingerprint density at radius 3 is 2.55 bits per heavy atom. The van der Waals surface area contributed by atoms with Crippen LogP contribution in [0.25, 0.3) is 0 Å². The predicted molar refractivity (Wildman–Crippen MR) is 76.0 cm³/mol. The van der Waals surface area contributed by atoms with Gasteiger partial charge < -0.3 is 4.74 Å². The summed E-state index contributed by atoms with van der Waals surface area (Å²) in [5.74, 6) is -0.937. The molecule has 0 saturated carbocycles. The van der Waals surface area contributed by atoms with Crippen molar-refractivity contribution in [3.8, 4) is 0 Å². The molecule has 0 saturated heterocycles. The predicted octanol–water partition coefficient (Wildman–Crippen LogP) is 3.56. The van der Waals surface area contributed by atoms with Crippen LogP contribution >= 0.6 is 11.8 Å². The molecule has 0 bridgehead atoms. The molecule has 5 heteroatoms. The fourth-order valence-electron chi connectivity index (χ4n) is 1.63. The van der Waals surface area contributed by atoms with Crippen LogP contribution in [0.5, 0.6) is 0 Å². The normalized spacial score (nSPS) is 13.5. The topological polar surface area (TPSA) is 39.2 Å². The summed E-state index contributed by atoms with van der Waals surface area (Å²) in [6, 6.07) is 13.7. The first-order chi connectivity index (χ1) is 9.66. The lowest BCUT2D eigenvalue weighted by Crippen LogP contribution is -2.30. The van der Waals surface area contributed by atoms with E-state index >= 15 is 4.39 Å². The molecule has 3 nitrogen and oxygen atoms in total. The van der Waals surface area contributed by atoms with Crippen molar-refractivity contribution in [1.82, 2.24) is 4.98 Å². The summed E-state index contributed by atoms with van der Waals surface area (Å²) in [4.78, 5) is 16.6. The lowest BCUT2D eigenvalue weighted by molar-refractivity contribution is -0.151. The zero-order valence-corrected chi connectivity index (χ0v) is 11.8. The summed E-state index contributed by atoms with van der Waals surface area (Å²) in [5, 5.41) is -2.35. The van der Waals surface area contributed by atoms with Gasteiger partial charge in [0.15, 0.2) is 0 Å². The van der Waals surface area contributed by atoms with Crippen molar-refractivity contribution in [3.05, 3.63) is 60.4 Å². The van der Waals surface area contributed by atoms with E-state index in [1.807, 2.05) is 6.07 Å². The minimum Gasteiger partial charge on any atom is -0.463 e. The first-order valence-electron chi connectivity index (χ1n) is 6.18. The molecular weight excluding hydrogens is 277 g/mol. The third kappa shape index (κ3) is 3.17. The Hall–Kier alpha value is -1.88. The van der Waals surface area contributed by atoms with Gasteiger partial charge in [0.05, 0.1) is 12.3 Å². The highest BCUT2D eigenvalue weighted by molar-refractivity contribution is 8.00. The van der Waals surface area contributed by atoms with Gasteiger partial charge in [-0.1, -0.05) is 36.0 Å². The minimum absolute atomic E-state index is 0.0345. The van der Waals surface area contributed by atoms with E-state index in [1.165, 1.54) is 12.3 Å². The third-order valence-corrected chi connectivity index (χ3v) is 3.70. The van der Waals surface area contributed by atoms with Crippen molar-refractivity contribution in [2.45, 2.75) is 16.8 Å². The molecule has 1 aromatic heterocycles. The summed E-state index contributed by atoms with van der Waals surface area (Å²) in [5.41, 5.74) is 0.0345. The Morgan fingerprint density at radius 2 is 1.95 bits per heavy atom. The third-order valence-electron chi connectivity index (χ3n) is 2.53. The van der Waals surface area contributed by atoms with E-state index in [1.54, 1.807) is 43.3 Å². The van der Waals surface area contributed by atoms with Crippen molar-refractivity contribution < 1.29 is 13.9 Å². The highest BCUT2D eigenvalue weighted by Crippen LogP contribution is 2.43. The number of ether oxygens (including phenoxy) is 1. The molecule has 0 radical (unpaired) electrons. The molecule has 0 amide bonds. The number of benzene rings is 1. The lowest BCUT2D eigenvalue weighted by atomic mass is 10.2. The number of hydrogen-bond acceptors (Lipinski definition) is 4. The molecule has 1 unspecified atom stereocenters. The largest absolute Gasteiger partial charge is 0.463 e. The standard InChI is InChI=1S/C15H14FNO2S/c1-2-19-14(18)15(16,13-10-6-7-11-17-13)20-12-8-4-3-5-9-12/h3-11H,2H2,1H3. The Kier molecular flexibility index (Phi) is 4.74. The molecule has 0 aliphatic heterocycles. The number of carbonyl (C=O) groups excluding carboxylic acids is 1. The SMILES string of the molecule is CCOC(=O)C(F)(Sc1ccccc1)c1ccccn1. The van der Waals surface area contributed by atoms with Crippen LogP contribution in [0, 0.1) is 0 Å². The van der Waals surface area contributed by atoms with Gasteiger partial charge in [0.2, 0.25) is 0 Å². The van der Waals surface area contributed by atoms with Gasteiger partial charge in [0.25, 0.3) is 5.00 Å². The van der Waals surface area contributed by atoms with E-state index in [9.17, 15) is 4.79 Å². The van der Waals surface area contributed by atoms with Gasteiger partial charge >= 0.3 is 5.97 Å². The zero-order valence-electron chi connectivity index (χ0n) is 11.0. The summed E-state index contributed by atoms with van der Waals surface area (Å²) in [6.07, 6.45) is 1.45. The van der Waals surface area contributed by atoms with Crippen LogP contribution in [0.15, 0.2) is 59.6 Å². The highest BCUT2D eigenvalue weighted by Gasteiger charge is 2.45. The molecule has 1 aromatic carbocycles. The average Bonchev–Trinajstić information content (AvgIpc) is 2.49. The van der Waals surface area contributed by atoms with Crippen LogP contribution < -0.4 is 0 Å². The van der Waals surface area contributed by atoms with Crippen molar-refractivity contribution in [1.29, 1.82) is 0 Å². The second kappa shape index (κ2) is 6.52. The number of nitrogens with zero attached hydrogens (tertiary/aromatic N) is 1. The van der Waals surface area contributed by atoms with Crippen LogP contribution in [0.1, 0.15) is 12.6 Å². The second-order valence-corrected chi connectivity index (χ2v) is 5.18. The van der Waals surface area contributed by atoms with Gasteiger partial charge in [-0.2, -0.15) is 0 Å². The van der Waals surface area contributed by atoms with Crippen LogP contribution in [-0.2, 0) is 14.5 Å². The molecule has 0 aliphatic rings. The monoisotopic (exact) mass is 291 g/mol. The molecule has 104 valence electrons.